The first kappa shape index (κ1) is 31.6. The van der Waals surface area contributed by atoms with Gasteiger partial charge in [0.25, 0.3) is 0 Å². The molecule has 1 aliphatic heterocycles. The summed E-state index contributed by atoms with van der Waals surface area (Å²) in [5, 5.41) is 17.6. The van der Waals surface area contributed by atoms with E-state index in [1.165, 1.54) is 4.90 Å². The monoisotopic (exact) mass is 548 g/mol. The summed E-state index contributed by atoms with van der Waals surface area (Å²) in [6, 6.07) is 20.3. The maximum absolute atomic E-state index is 9.05. The molecule has 2 aromatic rings. The summed E-state index contributed by atoms with van der Waals surface area (Å²) >= 11 is 0. The highest BCUT2D eigenvalue weighted by molar-refractivity contribution is 8.77. The Balaban J connectivity index is 0.000000279. The molecule has 6 nitrogen and oxygen atoms in total. The Morgan fingerprint density at radius 2 is 1.47 bits per heavy atom. The first-order valence-electron chi connectivity index (χ1n) is 10.8. The van der Waals surface area contributed by atoms with Crippen molar-refractivity contribution in [1.82, 2.24) is 0 Å². The van der Waals surface area contributed by atoms with Gasteiger partial charge in [-0.05, 0) is 38.1 Å². The van der Waals surface area contributed by atoms with Crippen molar-refractivity contribution in [2.45, 2.75) is 48.4 Å². The number of rotatable bonds is 11. The maximum Gasteiger partial charge on any atom is 0.155 e. The molecule has 1 aliphatic rings. The van der Waals surface area contributed by atoms with E-state index in [0.717, 1.165) is 17.3 Å². The van der Waals surface area contributed by atoms with E-state index in [1.807, 2.05) is 61.0 Å². The highest BCUT2D eigenvalue weighted by atomic mass is 33.1. The number of benzene rings is 2. The molecule has 0 bridgehead atoms. The normalized spacial score (nSPS) is 18.0. The second kappa shape index (κ2) is 20.8. The Morgan fingerprint density at radius 3 is 1.88 bits per heavy atom. The fraction of sp³-hybridized carbons (Fsp3) is 0.500. The quantitative estimate of drug-likeness (QED) is 0.274. The van der Waals surface area contributed by atoms with Gasteiger partial charge in [-0.25, -0.2) is 0 Å². The zero-order valence-electron chi connectivity index (χ0n) is 20.1. The summed E-state index contributed by atoms with van der Waals surface area (Å²) in [5.74, 6) is 1.53. The molecule has 0 aromatic heterocycles. The van der Waals surface area contributed by atoms with E-state index in [0.29, 0.717) is 5.75 Å². The van der Waals surface area contributed by atoms with E-state index < -0.39 is 6.10 Å². The number of hydrogen-bond donors (Lipinski definition) is 2. The molecule has 1 heterocycles. The number of methoxy groups -OCH3 is 2. The Morgan fingerprint density at radius 1 is 0.941 bits per heavy atom. The topological polar surface area (TPSA) is 77.4 Å². The third-order valence-electron chi connectivity index (χ3n) is 4.09. The van der Waals surface area contributed by atoms with Crippen molar-refractivity contribution in [1.29, 1.82) is 0 Å². The van der Waals surface area contributed by atoms with Crippen LogP contribution < -0.4 is 0 Å². The smallest absolute Gasteiger partial charge is 0.155 e. The molecule has 0 aliphatic carbocycles. The van der Waals surface area contributed by atoms with Crippen LogP contribution in [0.4, 0.5) is 0 Å². The van der Waals surface area contributed by atoms with Crippen molar-refractivity contribution in [2.75, 3.05) is 38.9 Å². The van der Waals surface area contributed by atoms with Gasteiger partial charge in [-0.15, -0.1) is 0 Å². The van der Waals surface area contributed by atoms with E-state index in [1.54, 1.807) is 46.6 Å². The fourth-order valence-electron chi connectivity index (χ4n) is 2.14. The van der Waals surface area contributed by atoms with Gasteiger partial charge in [0.05, 0.1) is 25.4 Å². The van der Waals surface area contributed by atoms with E-state index >= 15 is 0 Å². The maximum atomic E-state index is 9.05. The molecule has 3 rings (SSSR count). The van der Waals surface area contributed by atoms with Gasteiger partial charge in [0.15, 0.2) is 12.6 Å². The van der Waals surface area contributed by atoms with Crippen LogP contribution in [0, 0.1) is 0 Å². The van der Waals surface area contributed by atoms with Crippen molar-refractivity contribution >= 4 is 43.2 Å². The fourth-order valence-corrected chi connectivity index (χ4v) is 6.49. The van der Waals surface area contributed by atoms with Crippen LogP contribution in [0.1, 0.15) is 13.8 Å². The van der Waals surface area contributed by atoms with Crippen molar-refractivity contribution in [3.8, 4) is 0 Å². The largest absolute Gasteiger partial charge is 0.394 e. The van der Waals surface area contributed by atoms with Gasteiger partial charge in [0.2, 0.25) is 0 Å². The molecular weight excluding hydrogens is 513 g/mol. The summed E-state index contributed by atoms with van der Waals surface area (Å²) in [6.07, 6.45) is -0.454. The summed E-state index contributed by atoms with van der Waals surface area (Å²) in [5.41, 5.74) is 0. The highest BCUT2D eigenvalue weighted by Crippen LogP contribution is 2.32. The van der Waals surface area contributed by atoms with E-state index in [4.69, 9.17) is 19.7 Å². The minimum absolute atomic E-state index is 0.0303. The SMILES string of the molecule is CC1OCC(CSSc2ccccc2)O1.COC(C)OC.OCC(O)CSSc1ccccc1. The van der Waals surface area contributed by atoms with E-state index in [2.05, 4.69) is 33.7 Å². The molecule has 0 radical (unpaired) electrons. The molecule has 1 saturated heterocycles. The Kier molecular flexibility index (Phi) is 19.3. The van der Waals surface area contributed by atoms with Crippen LogP contribution >= 0.6 is 43.2 Å². The van der Waals surface area contributed by atoms with Crippen LogP contribution in [-0.4, -0.2) is 73.9 Å². The van der Waals surface area contributed by atoms with Gasteiger partial charge >= 0.3 is 0 Å². The minimum atomic E-state index is -0.610. The molecule has 1 fully saturated rings. The molecule has 192 valence electrons. The van der Waals surface area contributed by atoms with Gasteiger partial charge in [0, 0.05) is 35.5 Å². The zero-order valence-corrected chi connectivity index (χ0v) is 23.3. The van der Waals surface area contributed by atoms with Crippen molar-refractivity contribution < 1.29 is 29.2 Å². The van der Waals surface area contributed by atoms with Gasteiger partial charge < -0.3 is 29.2 Å². The minimum Gasteiger partial charge on any atom is -0.394 e. The average Bonchev–Trinajstić information content (AvgIpc) is 3.30. The predicted octanol–water partition coefficient (Wildman–Crippen LogP) is 5.59. The number of ether oxygens (including phenoxy) is 4. The first-order valence-corrected chi connectivity index (χ1v) is 15.4. The van der Waals surface area contributed by atoms with E-state index in [-0.39, 0.29) is 25.3 Å². The molecule has 0 spiro atoms. The van der Waals surface area contributed by atoms with Crippen LogP contribution in [0.2, 0.25) is 0 Å². The van der Waals surface area contributed by atoms with Crippen LogP contribution in [0.25, 0.3) is 0 Å². The second-order valence-corrected chi connectivity index (χ2v) is 11.7. The van der Waals surface area contributed by atoms with Gasteiger partial charge in [-0.1, -0.05) is 79.6 Å². The zero-order chi connectivity index (χ0) is 25.0. The van der Waals surface area contributed by atoms with Crippen molar-refractivity contribution in [2.24, 2.45) is 0 Å². The van der Waals surface area contributed by atoms with Crippen molar-refractivity contribution in [3.63, 3.8) is 0 Å². The molecule has 34 heavy (non-hydrogen) atoms. The molecule has 10 heteroatoms. The van der Waals surface area contributed by atoms with Gasteiger partial charge in [-0.2, -0.15) is 0 Å². The molecule has 3 atom stereocenters. The van der Waals surface area contributed by atoms with Crippen LogP contribution in [-0.2, 0) is 18.9 Å². The van der Waals surface area contributed by atoms with Gasteiger partial charge in [0.1, 0.15) is 0 Å². The first-order chi connectivity index (χ1) is 16.5. The lowest BCUT2D eigenvalue weighted by molar-refractivity contribution is -0.0877. The van der Waals surface area contributed by atoms with Gasteiger partial charge in [-0.3, -0.25) is 0 Å². The van der Waals surface area contributed by atoms with Crippen LogP contribution in [0.5, 0.6) is 0 Å². The highest BCUT2D eigenvalue weighted by Gasteiger charge is 2.22. The lowest BCUT2D eigenvalue weighted by atomic mass is 10.4. The van der Waals surface area contributed by atoms with Crippen LogP contribution in [0.15, 0.2) is 70.5 Å². The molecule has 3 unspecified atom stereocenters. The Hall–Kier alpha value is -0.400. The summed E-state index contributed by atoms with van der Waals surface area (Å²) in [6.45, 7) is 4.33. The predicted molar refractivity (Wildman–Crippen MR) is 146 cm³/mol. The Labute approximate surface area is 219 Å². The lowest BCUT2D eigenvalue weighted by Crippen LogP contribution is -2.13. The van der Waals surface area contributed by atoms with Crippen molar-refractivity contribution in [3.05, 3.63) is 60.7 Å². The number of aliphatic hydroxyl groups is 2. The summed E-state index contributed by atoms with van der Waals surface area (Å²) in [7, 11) is 9.97. The average molecular weight is 549 g/mol. The number of aliphatic hydroxyl groups excluding tert-OH is 2. The molecular formula is C24H36O6S4. The second-order valence-electron chi connectivity index (χ2n) is 6.90. The molecule has 0 saturated carbocycles. The van der Waals surface area contributed by atoms with Crippen LogP contribution in [0.3, 0.4) is 0 Å². The molecule has 0 amide bonds. The Bertz CT molecular complexity index is 709. The molecule has 2 N–H and O–H groups in total. The lowest BCUT2D eigenvalue weighted by Gasteiger charge is -2.07. The molecule has 2 aromatic carbocycles. The van der Waals surface area contributed by atoms with E-state index in [9.17, 15) is 0 Å². The summed E-state index contributed by atoms with van der Waals surface area (Å²) in [4.78, 5) is 2.45. The third kappa shape index (κ3) is 16.3. The number of hydrogen-bond acceptors (Lipinski definition) is 10. The summed E-state index contributed by atoms with van der Waals surface area (Å²) < 4.78 is 20.2. The standard InChI is InChI=1S/C11H14O2S2.C9H12O2S2.C4H10O2/c1-9-12-7-10(13-9)8-14-15-11-5-3-2-4-6-11;10-6-8(11)7-12-13-9-4-2-1-3-5-9;1-4(5-2)6-3/h2-6,9-10H,7-8H2,1H3;1-5,8,10-11H,6-7H2;4H,1-3H3. The third-order valence-corrected chi connectivity index (χ3v) is 8.96.